The van der Waals surface area contributed by atoms with Crippen molar-refractivity contribution in [3.8, 4) is 11.5 Å². The van der Waals surface area contributed by atoms with E-state index in [-0.39, 0.29) is 18.6 Å². The minimum atomic E-state index is -0.393. The van der Waals surface area contributed by atoms with Crippen LogP contribution >= 0.6 is 0 Å². The maximum atomic E-state index is 11.9. The molecule has 0 unspecified atom stereocenters. The van der Waals surface area contributed by atoms with Crippen LogP contribution in [-0.4, -0.2) is 31.7 Å². The quantitative estimate of drug-likeness (QED) is 0.781. The molecule has 2 aromatic rings. The van der Waals surface area contributed by atoms with E-state index in [1.807, 2.05) is 0 Å². The highest BCUT2D eigenvalue weighted by atomic mass is 16.5. The molecule has 25 heavy (non-hydrogen) atoms. The van der Waals surface area contributed by atoms with E-state index in [0.29, 0.717) is 22.7 Å². The van der Waals surface area contributed by atoms with Crippen LogP contribution in [0.15, 0.2) is 48.5 Å². The molecule has 0 aliphatic rings. The molecular weight excluding hydrogens is 322 g/mol. The second-order valence-electron chi connectivity index (χ2n) is 5.54. The van der Waals surface area contributed by atoms with Crippen molar-refractivity contribution in [2.75, 3.05) is 19.0 Å². The monoisotopic (exact) mass is 343 g/mol. The lowest BCUT2D eigenvalue weighted by Gasteiger charge is -2.10. The topological polar surface area (TPSA) is 73.9 Å². The number of methoxy groups -OCH3 is 1. The fourth-order valence-electron chi connectivity index (χ4n) is 1.99. The third-order valence-electron chi connectivity index (χ3n) is 3.18. The fourth-order valence-corrected chi connectivity index (χ4v) is 1.99. The lowest BCUT2D eigenvalue weighted by atomic mass is 10.2. The minimum absolute atomic E-state index is 0.122. The molecule has 0 aliphatic heterocycles. The zero-order valence-electron chi connectivity index (χ0n) is 14.4. The van der Waals surface area contributed by atoms with Crippen molar-refractivity contribution in [3.05, 3.63) is 54.1 Å². The molecule has 1 amide bonds. The molecule has 6 nitrogen and oxygen atoms in total. The Morgan fingerprint density at radius 3 is 2.12 bits per heavy atom. The molecule has 0 aromatic heterocycles. The van der Waals surface area contributed by atoms with Gasteiger partial charge in [-0.1, -0.05) is 0 Å². The van der Waals surface area contributed by atoms with Crippen molar-refractivity contribution in [1.82, 2.24) is 0 Å². The zero-order chi connectivity index (χ0) is 18.2. The first-order valence-corrected chi connectivity index (χ1v) is 7.85. The first kappa shape index (κ1) is 18.3. The third kappa shape index (κ3) is 5.84. The predicted octanol–water partition coefficient (Wildman–Crippen LogP) is 3.28. The summed E-state index contributed by atoms with van der Waals surface area (Å²) in [5.74, 6) is 0.597. The molecule has 0 atom stereocenters. The molecule has 0 bridgehead atoms. The van der Waals surface area contributed by atoms with Gasteiger partial charge in [-0.3, -0.25) is 4.79 Å². The number of esters is 1. The van der Waals surface area contributed by atoms with Crippen LogP contribution in [0.1, 0.15) is 24.2 Å². The van der Waals surface area contributed by atoms with Gasteiger partial charge in [0.05, 0.1) is 18.8 Å². The van der Waals surface area contributed by atoms with E-state index in [4.69, 9.17) is 14.2 Å². The summed E-state index contributed by atoms with van der Waals surface area (Å²) in [5.41, 5.74) is 1.01. The van der Waals surface area contributed by atoms with Gasteiger partial charge in [0.25, 0.3) is 5.91 Å². The summed E-state index contributed by atoms with van der Waals surface area (Å²) in [6.45, 7) is 3.45. The van der Waals surface area contributed by atoms with Crippen molar-refractivity contribution in [3.63, 3.8) is 0 Å². The van der Waals surface area contributed by atoms with Crippen molar-refractivity contribution in [2.45, 2.75) is 20.0 Å². The van der Waals surface area contributed by atoms with Crippen LogP contribution in [0.3, 0.4) is 0 Å². The van der Waals surface area contributed by atoms with E-state index in [1.54, 1.807) is 69.5 Å². The van der Waals surface area contributed by atoms with E-state index < -0.39 is 5.97 Å². The van der Waals surface area contributed by atoms with Crippen molar-refractivity contribution in [2.24, 2.45) is 0 Å². The van der Waals surface area contributed by atoms with E-state index >= 15 is 0 Å². The normalized spacial score (nSPS) is 10.2. The van der Waals surface area contributed by atoms with Crippen LogP contribution in [-0.2, 0) is 9.53 Å². The number of rotatable bonds is 7. The molecule has 0 saturated heterocycles. The lowest BCUT2D eigenvalue weighted by molar-refractivity contribution is -0.118. The molecule has 0 saturated carbocycles. The number of carbonyl (C=O) groups excluding carboxylic acids is 2. The molecule has 0 fully saturated rings. The Bertz CT molecular complexity index is 708. The van der Waals surface area contributed by atoms with Crippen LogP contribution < -0.4 is 14.8 Å². The first-order valence-electron chi connectivity index (χ1n) is 7.85. The van der Waals surface area contributed by atoms with Crippen molar-refractivity contribution in [1.29, 1.82) is 0 Å². The van der Waals surface area contributed by atoms with E-state index in [1.165, 1.54) is 0 Å². The Labute approximate surface area is 146 Å². The Hall–Kier alpha value is -3.02. The van der Waals surface area contributed by atoms with Gasteiger partial charge in [-0.05, 0) is 62.4 Å². The van der Waals surface area contributed by atoms with Crippen LogP contribution in [0.4, 0.5) is 5.69 Å². The van der Waals surface area contributed by atoms with Crippen molar-refractivity contribution < 1.29 is 23.8 Å². The lowest BCUT2D eigenvalue weighted by Crippen LogP contribution is -2.20. The van der Waals surface area contributed by atoms with E-state index in [0.717, 1.165) is 0 Å². The van der Waals surface area contributed by atoms with Crippen LogP contribution in [0, 0.1) is 0 Å². The highest BCUT2D eigenvalue weighted by Gasteiger charge is 2.10. The molecule has 132 valence electrons. The van der Waals surface area contributed by atoms with Gasteiger partial charge in [-0.2, -0.15) is 0 Å². The van der Waals surface area contributed by atoms with Crippen LogP contribution in [0.25, 0.3) is 0 Å². The molecule has 6 heteroatoms. The van der Waals surface area contributed by atoms with Gasteiger partial charge in [-0.15, -0.1) is 0 Å². The third-order valence-corrected chi connectivity index (χ3v) is 3.18. The predicted molar refractivity (Wildman–Crippen MR) is 94.1 cm³/mol. The molecule has 2 aromatic carbocycles. The second-order valence-corrected chi connectivity index (χ2v) is 5.54. The SMILES string of the molecule is COc1ccc(OCC(=O)Nc2ccc(C(=O)OC(C)C)cc2)cc1. The van der Waals surface area contributed by atoms with Gasteiger partial charge in [0, 0.05) is 5.69 Å². The standard InChI is InChI=1S/C19H21NO5/c1-13(2)25-19(22)14-4-6-15(7-5-14)20-18(21)12-24-17-10-8-16(23-3)9-11-17/h4-11,13H,12H2,1-3H3,(H,20,21). The molecular formula is C19H21NO5. The zero-order valence-corrected chi connectivity index (χ0v) is 14.4. The summed E-state index contributed by atoms with van der Waals surface area (Å²) in [7, 11) is 1.58. The number of anilines is 1. The largest absolute Gasteiger partial charge is 0.497 e. The molecule has 0 spiro atoms. The summed E-state index contributed by atoms with van der Waals surface area (Å²) in [5, 5.41) is 2.70. The van der Waals surface area contributed by atoms with Crippen LogP contribution in [0.5, 0.6) is 11.5 Å². The highest BCUT2D eigenvalue weighted by Crippen LogP contribution is 2.17. The molecule has 2 rings (SSSR count). The molecule has 0 heterocycles. The summed E-state index contributed by atoms with van der Waals surface area (Å²) < 4.78 is 15.6. The van der Waals surface area contributed by atoms with Gasteiger partial charge in [0.2, 0.25) is 0 Å². The Morgan fingerprint density at radius 2 is 1.56 bits per heavy atom. The number of hydrogen-bond donors (Lipinski definition) is 1. The Balaban J connectivity index is 1.84. The Kier molecular flexibility index (Phi) is 6.39. The average molecular weight is 343 g/mol. The highest BCUT2D eigenvalue weighted by molar-refractivity contribution is 5.93. The fraction of sp³-hybridized carbons (Fsp3) is 0.263. The van der Waals surface area contributed by atoms with Crippen molar-refractivity contribution >= 4 is 17.6 Å². The van der Waals surface area contributed by atoms with Gasteiger partial charge >= 0.3 is 5.97 Å². The maximum absolute atomic E-state index is 11.9. The average Bonchev–Trinajstić information content (AvgIpc) is 2.60. The Morgan fingerprint density at radius 1 is 0.960 bits per heavy atom. The number of carbonyl (C=O) groups is 2. The van der Waals surface area contributed by atoms with Gasteiger partial charge < -0.3 is 19.5 Å². The molecule has 0 radical (unpaired) electrons. The summed E-state index contributed by atoms with van der Waals surface area (Å²) in [6, 6.07) is 13.4. The molecule has 0 aliphatic carbocycles. The number of hydrogen-bond acceptors (Lipinski definition) is 5. The number of ether oxygens (including phenoxy) is 3. The maximum Gasteiger partial charge on any atom is 0.338 e. The second kappa shape index (κ2) is 8.73. The molecule has 1 N–H and O–H groups in total. The van der Waals surface area contributed by atoms with Gasteiger partial charge in [0.15, 0.2) is 6.61 Å². The summed E-state index contributed by atoms with van der Waals surface area (Å²) >= 11 is 0. The number of amides is 1. The summed E-state index contributed by atoms with van der Waals surface area (Å²) in [4.78, 5) is 23.7. The number of benzene rings is 2. The number of nitrogens with one attached hydrogen (secondary N) is 1. The summed E-state index contributed by atoms with van der Waals surface area (Å²) in [6.07, 6.45) is -0.179. The van der Waals surface area contributed by atoms with Gasteiger partial charge in [-0.25, -0.2) is 4.79 Å². The van der Waals surface area contributed by atoms with Crippen LogP contribution in [0.2, 0.25) is 0 Å². The van der Waals surface area contributed by atoms with E-state index in [9.17, 15) is 9.59 Å². The van der Waals surface area contributed by atoms with E-state index in [2.05, 4.69) is 5.32 Å². The first-order chi connectivity index (χ1) is 12.0. The minimum Gasteiger partial charge on any atom is -0.497 e. The smallest absolute Gasteiger partial charge is 0.338 e. The van der Waals surface area contributed by atoms with Gasteiger partial charge in [0.1, 0.15) is 11.5 Å².